The van der Waals surface area contributed by atoms with E-state index in [1.54, 1.807) is 5.57 Å². The molecular weight excluding hydrogens is 354 g/mol. The average Bonchev–Trinajstić information content (AvgIpc) is 3.13. The summed E-state index contributed by atoms with van der Waals surface area (Å²) in [5.41, 5.74) is 4.48. The van der Waals surface area contributed by atoms with Crippen LogP contribution in [-0.2, 0) is 13.1 Å². The summed E-state index contributed by atoms with van der Waals surface area (Å²) in [7, 11) is 0. The minimum absolute atomic E-state index is 0.653. The molecule has 1 aromatic heterocycles. The number of allylic oxidation sites excluding steroid dienone is 4. The van der Waals surface area contributed by atoms with Gasteiger partial charge in [-0.1, -0.05) is 42.0 Å². The van der Waals surface area contributed by atoms with Crippen molar-refractivity contribution in [2.45, 2.75) is 58.2 Å². The molecule has 0 saturated carbocycles. The van der Waals surface area contributed by atoms with Gasteiger partial charge in [0.2, 0.25) is 0 Å². The van der Waals surface area contributed by atoms with Gasteiger partial charge in [0.25, 0.3) is 0 Å². The van der Waals surface area contributed by atoms with Crippen molar-refractivity contribution < 1.29 is 0 Å². The first kappa shape index (κ1) is 19.1. The fourth-order valence-corrected chi connectivity index (χ4v) is 5.61. The van der Waals surface area contributed by atoms with Gasteiger partial charge in [0.15, 0.2) is 0 Å². The van der Waals surface area contributed by atoms with Gasteiger partial charge in [-0.25, -0.2) is 0 Å². The van der Waals surface area contributed by atoms with E-state index in [-0.39, 0.29) is 0 Å². The number of aromatic nitrogens is 1. The van der Waals surface area contributed by atoms with Crippen molar-refractivity contribution in [1.29, 1.82) is 0 Å². The van der Waals surface area contributed by atoms with E-state index in [1.165, 1.54) is 74.9 Å². The van der Waals surface area contributed by atoms with Crippen LogP contribution < -0.4 is 0 Å². The van der Waals surface area contributed by atoms with Crippen molar-refractivity contribution >= 4 is 10.9 Å². The summed E-state index contributed by atoms with van der Waals surface area (Å²) in [5, 5.41) is 1.39. The molecule has 1 aromatic carbocycles. The number of piperidine rings is 1. The minimum atomic E-state index is 0.653. The molecule has 5 rings (SSSR count). The molecule has 0 radical (unpaired) electrons. The van der Waals surface area contributed by atoms with Gasteiger partial charge in [-0.15, -0.1) is 0 Å². The van der Waals surface area contributed by atoms with Gasteiger partial charge < -0.3 is 4.57 Å². The molecule has 0 amide bonds. The van der Waals surface area contributed by atoms with Gasteiger partial charge in [0.05, 0.1) is 0 Å². The first-order chi connectivity index (χ1) is 14.3. The maximum atomic E-state index is 2.74. The highest BCUT2D eigenvalue weighted by molar-refractivity contribution is 5.81. The third kappa shape index (κ3) is 4.22. The predicted molar refractivity (Wildman–Crippen MR) is 122 cm³/mol. The Morgan fingerprint density at radius 3 is 2.72 bits per heavy atom. The second kappa shape index (κ2) is 8.49. The van der Waals surface area contributed by atoms with Crippen molar-refractivity contribution in [2.75, 3.05) is 26.2 Å². The second-order valence-corrected chi connectivity index (χ2v) is 9.37. The molecule has 3 aliphatic rings. The van der Waals surface area contributed by atoms with E-state index >= 15 is 0 Å². The Morgan fingerprint density at radius 2 is 1.90 bits per heavy atom. The number of fused-ring (bicyclic) bond motifs is 3. The lowest BCUT2D eigenvalue weighted by Gasteiger charge is -2.39. The van der Waals surface area contributed by atoms with Gasteiger partial charge >= 0.3 is 0 Å². The number of nitrogens with zero attached hydrogens (tertiary/aromatic N) is 3. The Balaban J connectivity index is 1.13. The highest BCUT2D eigenvalue weighted by Gasteiger charge is 2.26. The van der Waals surface area contributed by atoms with Crippen LogP contribution in [0.2, 0.25) is 0 Å². The minimum Gasteiger partial charge on any atom is -0.342 e. The van der Waals surface area contributed by atoms with Crippen molar-refractivity contribution in [2.24, 2.45) is 5.92 Å². The fourth-order valence-electron chi connectivity index (χ4n) is 5.61. The molecule has 2 aromatic rings. The molecule has 29 heavy (non-hydrogen) atoms. The van der Waals surface area contributed by atoms with Gasteiger partial charge in [-0.2, -0.15) is 0 Å². The Labute approximate surface area is 175 Å². The maximum absolute atomic E-state index is 2.74. The Bertz CT molecular complexity index is 898. The number of hydrogen-bond donors (Lipinski definition) is 0. The van der Waals surface area contributed by atoms with Gasteiger partial charge in [0, 0.05) is 43.4 Å². The standard InChI is InChI=1S/C26H35N3/c1-21(28-13-11-23(12-14-28)17-22-7-3-2-4-8-22)19-27-15-16-29-25(20-27)18-24-9-5-6-10-26(24)29/h3,5-10,18,21,23H,2,4,11-17,19-20H2,1H3. The normalized spacial score (nSPS) is 22.6. The number of likely N-dealkylation sites (tertiary alicyclic amines) is 1. The van der Waals surface area contributed by atoms with E-state index < -0.39 is 0 Å². The van der Waals surface area contributed by atoms with Crippen LogP contribution in [0.25, 0.3) is 10.9 Å². The summed E-state index contributed by atoms with van der Waals surface area (Å²) in [6, 6.07) is 11.9. The van der Waals surface area contributed by atoms with Gasteiger partial charge in [0.1, 0.15) is 0 Å². The van der Waals surface area contributed by atoms with E-state index in [9.17, 15) is 0 Å². The summed E-state index contributed by atoms with van der Waals surface area (Å²) >= 11 is 0. The van der Waals surface area contributed by atoms with Crippen LogP contribution in [0.4, 0.5) is 0 Å². The highest BCUT2D eigenvalue weighted by Crippen LogP contribution is 2.28. The zero-order chi connectivity index (χ0) is 19.6. The Morgan fingerprint density at radius 1 is 1.03 bits per heavy atom. The molecule has 1 unspecified atom stereocenters. The summed E-state index contributed by atoms with van der Waals surface area (Å²) in [4.78, 5) is 5.41. The van der Waals surface area contributed by atoms with Crippen LogP contribution in [0, 0.1) is 5.92 Å². The maximum Gasteiger partial charge on any atom is 0.0483 e. The fraction of sp³-hybridized carbons (Fsp3) is 0.538. The average molecular weight is 390 g/mol. The number of hydrogen-bond acceptors (Lipinski definition) is 2. The van der Waals surface area contributed by atoms with Crippen molar-refractivity contribution in [3.8, 4) is 0 Å². The van der Waals surface area contributed by atoms with Crippen molar-refractivity contribution in [1.82, 2.24) is 14.4 Å². The van der Waals surface area contributed by atoms with Crippen molar-refractivity contribution in [3.05, 3.63) is 59.8 Å². The number of rotatable bonds is 5. The van der Waals surface area contributed by atoms with Gasteiger partial charge in [-0.3, -0.25) is 9.80 Å². The number of benzene rings is 1. The molecule has 1 aliphatic carbocycles. The first-order valence-electron chi connectivity index (χ1n) is 11.7. The smallest absolute Gasteiger partial charge is 0.0483 e. The van der Waals surface area contributed by atoms with Crippen LogP contribution in [0.3, 0.4) is 0 Å². The van der Waals surface area contributed by atoms with E-state index in [0.29, 0.717) is 6.04 Å². The topological polar surface area (TPSA) is 11.4 Å². The lowest BCUT2D eigenvalue weighted by Crippen LogP contribution is -2.47. The molecule has 1 saturated heterocycles. The molecule has 1 atom stereocenters. The summed E-state index contributed by atoms with van der Waals surface area (Å²) in [5.74, 6) is 0.887. The molecule has 0 bridgehead atoms. The lowest BCUT2D eigenvalue weighted by molar-refractivity contribution is 0.0980. The molecule has 0 spiro atoms. The molecule has 2 aliphatic heterocycles. The van der Waals surface area contributed by atoms with Crippen LogP contribution in [0.5, 0.6) is 0 Å². The highest BCUT2D eigenvalue weighted by atomic mass is 15.3. The second-order valence-electron chi connectivity index (χ2n) is 9.37. The third-order valence-corrected chi connectivity index (χ3v) is 7.31. The molecule has 1 fully saturated rings. The van der Waals surface area contributed by atoms with Crippen LogP contribution in [0.1, 0.15) is 44.7 Å². The quantitative estimate of drug-likeness (QED) is 0.694. The van der Waals surface area contributed by atoms with E-state index in [4.69, 9.17) is 0 Å². The predicted octanol–water partition coefficient (Wildman–Crippen LogP) is 5.22. The van der Waals surface area contributed by atoms with Crippen LogP contribution >= 0.6 is 0 Å². The first-order valence-corrected chi connectivity index (χ1v) is 11.7. The zero-order valence-electron chi connectivity index (χ0n) is 17.9. The lowest BCUT2D eigenvalue weighted by atomic mass is 9.88. The Hall–Kier alpha value is -1.84. The molecule has 3 nitrogen and oxygen atoms in total. The van der Waals surface area contributed by atoms with E-state index in [0.717, 1.165) is 19.0 Å². The monoisotopic (exact) mass is 389 g/mol. The summed E-state index contributed by atoms with van der Waals surface area (Å²) in [6.07, 6.45) is 13.7. The summed E-state index contributed by atoms with van der Waals surface area (Å²) in [6.45, 7) is 9.58. The largest absolute Gasteiger partial charge is 0.342 e. The third-order valence-electron chi connectivity index (χ3n) is 7.31. The van der Waals surface area contributed by atoms with E-state index in [1.807, 2.05) is 0 Å². The SMILES string of the molecule is CC(CN1CCn2c(cc3ccccc32)C1)N1CCC(CC2=CCCC=C2)CC1. The molecular formula is C26H35N3. The molecule has 3 heteroatoms. The molecule has 3 heterocycles. The van der Waals surface area contributed by atoms with E-state index in [2.05, 4.69) is 69.9 Å². The summed E-state index contributed by atoms with van der Waals surface area (Å²) < 4.78 is 2.52. The van der Waals surface area contributed by atoms with Crippen molar-refractivity contribution in [3.63, 3.8) is 0 Å². The zero-order valence-corrected chi connectivity index (χ0v) is 17.9. The number of para-hydroxylation sites is 1. The van der Waals surface area contributed by atoms with Gasteiger partial charge in [-0.05, 0) is 75.6 Å². The van der Waals surface area contributed by atoms with Crippen LogP contribution in [-0.4, -0.2) is 46.6 Å². The molecule has 154 valence electrons. The Kier molecular flexibility index (Phi) is 5.61. The van der Waals surface area contributed by atoms with Crippen LogP contribution in [0.15, 0.2) is 54.1 Å². The molecule has 0 N–H and O–H groups in total.